The highest BCUT2D eigenvalue weighted by Crippen LogP contribution is 2.47. The summed E-state index contributed by atoms with van der Waals surface area (Å²) in [5, 5.41) is 0. The monoisotopic (exact) mass is 422 g/mol. The van der Waals surface area contributed by atoms with Gasteiger partial charge in [-0.15, -0.1) is 0 Å². The third-order valence-electron chi connectivity index (χ3n) is 7.24. The number of benzene rings is 4. The van der Waals surface area contributed by atoms with Crippen molar-refractivity contribution >= 4 is 0 Å². The summed E-state index contributed by atoms with van der Waals surface area (Å²) in [4.78, 5) is 0. The third-order valence-corrected chi connectivity index (χ3v) is 7.24. The van der Waals surface area contributed by atoms with Crippen molar-refractivity contribution in [2.45, 2.75) is 19.4 Å². The van der Waals surface area contributed by atoms with E-state index < -0.39 is 0 Å². The Balaban J connectivity index is 1.61. The first-order chi connectivity index (χ1) is 16.4. The van der Waals surface area contributed by atoms with E-state index in [1.54, 1.807) is 0 Å². The molecule has 4 aromatic carbocycles. The lowest BCUT2D eigenvalue weighted by Crippen LogP contribution is -2.40. The molecule has 0 bridgehead atoms. The standard InChI is InChI=1S/C32H24N/c1-3-11-22(12-4-1)21-33-31-26-17-9-7-15-24(26)19-28(31)30(23-13-5-2-6-14-23)29-20-25-16-8-10-18-27(25)32(29)33/h1-18H,19-21H2/q+1. The van der Waals surface area contributed by atoms with Gasteiger partial charge >= 0.3 is 0 Å². The van der Waals surface area contributed by atoms with Gasteiger partial charge < -0.3 is 0 Å². The lowest BCUT2D eigenvalue weighted by Gasteiger charge is -2.16. The van der Waals surface area contributed by atoms with Crippen LogP contribution in [0.15, 0.2) is 109 Å². The van der Waals surface area contributed by atoms with Gasteiger partial charge in [0.1, 0.15) is 0 Å². The van der Waals surface area contributed by atoms with Crippen molar-refractivity contribution < 1.29 is 4.57 Å². The van der Waals surface area contributed by atoms with Crippen LogP contribution >= 0.6 is 0 Å². The van der Waals surface area contributed by atoms with Crippen LogP contribution in [0.4, 0.5) is 0 Å². The fourth-order valence-electron chi connectivity index (χ4n) is 5.89. The first-order valence-corrected chi connectivity index (χ1v) is 11.8. The molecule has 0 unspecified atom stereocenters. The van der Waals surface area contributed by atoms with Gasteiger partial charge in [0, 0.05) is 35.1 Å². The van der Waals surface area contributed by atoms with E-state index in [9.17, 15) is 0 Å². The van der Waals surface area contributed by atoms with E-state index in [-0.39, 0.29) is 0 Å². The van der Waals surface area contributed by atoms with Gasteiger partial charge in [0.15, 0.2) is 6.54 Å². The summed E-state index contributed by atoms with van der Waals surface area (Å²) < 4.78 is 2.62. The van der Waals surface area contributed by atoms with Crippen LogP contribution in [-0.4, -0.2) is 0 Å². The van der Waals surface area contributed by atoms with E-state index >= 15 is 0 Å². The van der Waals surface area contributed by atoms with Crippen LogP contribution in [-0.2, 0) is 19.4 Å². The first-order valence-electron chi connectivity index (χ1n) is 11.8. The minimum atomic E-state index is 0.878. The van der Waals surface area contributed by atoms with Gasteiger partial charge in [-0.05, 0) is 28.8 Å². The Hall–Kier alpha value is -3.97. The van der Waals surface area contributed by atoms with Crippen molar-refractivity contribution in [3.8, 4) is 33.6 Å². The molecule has 1 nitrogen and oxygen atoms in total. The molecule has 0 fully saturated rings. The normalized spacial score (nSPS) is 12.7. The molecule has 2 aliphatic carbocycles. The van der Waals surface area contributed by atoms with E-state index in [2.05, 4.69) is 114 Å². The van der Waals surface area contributed by atoms with E-state index in [1.165, 1.54) is 61.5 Å². The van der Waals surface area contributed by atoms with Crippen LogP contribution in [0.25, 0.3) is 33.6 Å². The van der Waals surface area contributed by atoms with Gasteiger partial charge in [-0.25, -0.2) is 0 Å². The van der Waals surface area contributed by atoms with Gasteiger partial charge in [-0.2, -0.15) is 4.57 Å². The molecule has 1 heterocycles. The summed E-state index contributed by atoms with van der Waals surface area (Å²) in [7, 11) is 0. The van der Waals surface area contributed by atoms with Crippen LogP contribution in [0.5, 0.6) is 0 Å². The van der Waals surface area contributed by atoms with E-state index in [0.717, 1.165) is 19.4 Å². The molecule has 0 amide bonds. The molecule has 7 rings (SSSR count). The van der Waals surface area contributed by atoms with E-state index in [4.69, 9.17) is 0 Å². The molecule has 0 atom stereocenters. The highest BCUT2D eigenvalue weighted by atomic mass is 15.0. The number of aromatic nitrogens is 1. The second-order valence-corrected chi connectivity index (χ2v) is 9.13. The van der Waals surface area contributed by atoms with Crippen LogP contribution in [0.3, 0.4) is 0 Å². The predicted molar refractivity (Wildman–Crippen MR) is 134 cm³/mol. The lowest BCUT2D eigenvalue weighted by molar-refractivity contribution is -0.666. The highest BCUT2D eigenvalue weighted by Gasteiger charge is 2.40. The number of fused-ring (bicyclic) bond motifs is 6. The maximum Gasteiger partial charge on any atom is 0.217 e. The molecule has 1 aromatic heterocycles. The molecule has 1 heteroatoms. The average molecular weight is 423 g/mol. The van der Waals surface area contributed by atoms with Crippen LogP contribution in [0.1, 0.15) is 27.8 Å². The molecule has 0 saturated carbocycles. The second kappa shape index (κ2) is 7.28. The van der Waals surface area contributed by atoms with Crippen molar-refractivity contribution in [3.05, 3.63) is 137 Å². The Bertz CT molecular complexity index is 1440. The third kappa shape index (κ3) is 2.82. The van der Waals surface area contributed by atoms with Crippen molar-refractivity contribution in [2.24, 2.45) is 0 Å². The van der Waals surface area contributed by atoms with Crippen LogP contribution in [0, 0.1) is 0 Å². The van der Waals surface area contributed by atoms with E-state index in [0.29, 0.717) is 0 Å². The van der Waals surface area contributed by atoms with Gasteiger partial charge in [-0.3, -0.25) is 0 Å². The second-order valence-electron chi connectivity index (χ2n) is 9.13. The fraction of sp³-hybridized carbons (Fsp3) is 0.0938. The SMILES string of the molecule is c1ccc(C[n+]2c3c(c(-c4ccccc4)c4c2-c2ccccc2C4)Cc2ccccc2-3)cc1. The summed E-state index contributed by atoms with van der Waals surface area (Å²) in [6, 6.07) is 39.9. The minimum Gasteiger partial charge on any atom is -0.186 e. The van der Waals surface area contributed by atoms with Crippen LogP contribution in [0.2, 0.25) is 0 Å². The van der Waals surface area contributed by atoms with Crippen molar-refractivity contribution in [2.75, 3.05) is 0 Å². The lowest BCUT2D eigenvalue weighted by atomic mass is 9.91. The highest BCUT2D eigenvalue weighted by molar-refractivity contribution is 5.88. The molecular formula is C32H24N+. The predicted octanol–water partition coefficient (Wildman–Crippen LogP) is 6.83. The molecule has 2 aliphatic rings. The summed E-state index contributed by atoms with van der Waals surface area (Å²) in [5.74, 6) is 0. The zero-order chi connectivity index (χ0) is 21.8. The number of rotatable bonds is 3. The number of pyridine rings is 1. The average Bonchev–Trinajstić information content (AvgIpc) is 3.44. The summed E-state index contributed by atoms with van der Waals surface area (Å²) in [5.41, 5.74) is 15.5. The summed E-state index contributed by atoms with van der Waals surface area (Å²) in [6.07, 6.45) is 1.99. The summed E-state index contributed by atoms with van der Waals surface area (Å²) >= 11 is 0. The molecule has 0 spiro atoms. The molecule has 5 aromatic rings. The van der Waals surface area contributed by atoms with Gasteiger partial charge in [0.25, 0.3) is 0 Å². The molecule has 0 saturated heterocycles. The van der Waals surface area contributed by atoms with Crippen molar-refractivity contribution in [1.29, 1.82) is 0 Å². The molecule has 33 heavy (non-hydrogen) atoms. The number of nitrogens with zero attached hydrogens (tertiary/aromatic N) is 1. The largest absolute Gasteiger partial charge is 0.217 e. The topological polar surface area (TPSA) is 3.88 Å². The number of hydrogen-bond acceptors (Lipinski definition) is 0. The van der Waals surface area contributed by atoms with Gasteiger partial charge in [-0.1, -0.05) is 97.1 Å². The molecule has 0 radical (unpaired) electrons. The zero-order valence-corrected chi connectivity index (χ0v) is 18.5. The molecular weight excluding hydrogens is 398 g/mol. The minimum absolute atomic E-state index is 0.878. The number of hydrogen-bond donors (Lipinski definition) is 0. The Labute approximate surface area is 194 Å². The van der Waals surface area contributed by atoms with Gasteiger partial charge in [0.05, 0.1) is 11.1 Å². The Morgan fingerprint density at radius 1 is 0.515 bits per heavy atom. The van der Waals surface area contributed by atoms with Crippen LogP contribution < -0.4 is 4.57 Å². The molecule has 0 aliphatic heterocycles. The van der Waals surface area contributed by atoms with Gasteiger partial charge in [0.2, 0.25) is 11.4 Å². The zero-order valence-electron chi connectivity index (χ0n) is 18.5. The van der Waals surface area contributed by atoms with Crippen molar-refractivity contribution in [1.82, 2.24) is 0 Å². The molecule has 0 N–H and O–H groups in total. The van der Waals surface area contributed by atoms with Crippen molar-refractivity contribution in [3.63, 3.8) is 0 Å². The maximum absolute atomic E-state index is 2.62. The maximum atomic E-state index is 2.62. The Morgan fingerprint density at radius 3 is 1.58 bits per heavy atom. The van der Waals surface area contributed by atoms with E-state index in [1.807, 2.05) is 0 Å². The quantitative estimate of drug-likeness (QED) is 0.275. The smallest absolute Gasteiger partial charge is 0.186 e. The molecule has 156 valence electrons. The summed E-state index contributed by atoms with van der Waals surface area (Å²) in [6.45, 7) is 0.878. The Kier molecular flexibility index (Phi) is 4.10. The Morgan fingerprint density at radius 2 is 1.00 bits per heavy atom. The fourth-order valence-corrected chi connectivity index (χ4v) is 5.89. The first kappa shape index (κ1) is 18.6.